The van der Waals surface area contributed by atoms with Crippen molar-refractivity contribution in [3.63, 3.8) is 0 Å². The fraction of sp³-hybridized carbons (Fsp3) is 0.667. The van der Waals surface area contributed by atoms with Crippen LogP contribution in [0.25, 0.3) is 0 Å². The van der Waals surface area contributed by atoms with Crippen LogP contribution >= 0.6 is 0 Å². The quantitative estimate of drug-likeness (QED) is 0.886. The molecule has 1 aliphatic carbocycles. The second-order valence-electron chi connectivity index (χ2n) is 6.65. The van der Waals surface area contributed by atoms with Gasteiger partial charge in [0.15, 0.2) is 0 Å². The van der Waals surface area contributed by atoms with Crippen molar-refractivity contribution in [1.82, 2.24) is 4.90 Å². The fourth-order valence-corrected chi connectivity index (χ4v) is 3.96. The molecule has 1 saturated carbocycles. The molecule has 112 valence electrons. The molecule has 0 amide bonds. The van der Waals surface area contributed by atoms with Gasteiger partial charge < -0.3 is 5.73 Å². The van der Waals surface area contributed by atoms with Crippen molar-refractivity contribution in [3.8, 4) is 0 Å². The van der Waals surface area contributed by atoms with Gasteiger partial charge in [0, 0.05) is 19.1 Å². The van der Waals surface area contributed by atoms with Crippen molar-refractivity contribution in [2.45, 2.75) is 52.5 Å². The number of aryl methyl sites for hydroxylation is 3. The Hall–Kier alpha value is -0.860. The summed E-state index contributed by atoms with van der Waals surface area (Å²) in [5.41, 5.74) is 11.7. The Balaban J connectivity index is 2.18. The Bertz CT molecular complexity index is 424. The summed E-state index contributed by atoms with van der Waals surface area (Å²) in [6, 6.07) is 4.93. The van der Waals surface area contributed by atoms with Crippen LogP contribution < -0.4 is 5.73 Å². The average molecular weight is 274 g/mol. The lowest BCUT2D eigenvalue weighted by atomic mass is 9.92. The average Bonchev–Trinajstić information content (AvgIpc) is 2.86. The number of hydrogen-bond donors (Lipinski definition) is 1. The summed E-state index contributed by atoms with van der Waals surface area (Å²) in [5, 5.41) is 0. The second kappa shape index (κ2) is 6.73. The number of hydrogen-bond acceptors (Lipinski definition) is 2. The monoisotopic (exact) mass is 274 g/mol. The lowest BCUT2D eigenvalue weighted by molar-refractivity contribution is 0.211. The molecular formula is C18H30N2. The van der Waals surface area contributed by atoms with Crippen LogP contribution in [-0.2, 0) is 0 Å². The third-order valence-corrected chi connectivity index (χ3v) is 4.85. The van der Waals surface area contributed by atoms with Gasteiger partial charge in [-0.3, -0.25) is 4.90 Å². The van der Waals surface area contributed by atoms with Gasteiger partial charge in [-0.25, -0.2) is 0 Å². The van der Waals surface area contributed by atoms with Crippen LogP contribution in [0.1, 0.15) is 54.0 Å². The zero-order valence-corrected chi connectivity index (χ0v) is 13.6. The van der Waals surface area contributed by atoms with Crippen LogP contribution in [0.3, 0.4) is 0 Å². The van der Waals surface area contributed by atoms with Gasteiger partial charge in [0.25, 0.3) is 0 Å². The number of nitrogens with two attached hydrogens (primary N) is 1. The molecule has 2 N–H and O–H groups in total. The molecule has 0 spiro atoms. The van der Waals surface area contributed by atoms with Gasteiger partial charge in [-0.05, 0) is 63.3 Å². The van der Waals surface area contributed by atoms with Gasteiger partial charge in [-0.2, -0.15) is 0 Å². The molecule has 2 nitrogen and oxygen atoms in total. The van der Waals surface area contributed by atoms with Crippen molar-refractivity contribution >= 4 is 0 Å². The summed E-state index contributed by atoms with van der Waals surface area (Å²) in [7, 11) is 2.24. The number of rotatable bonds is 5. The minimum atomic E-state index is 0.358. The molecule has 0 aliphatic heterocycles. The van der Waals surface area contributed by atoms with Crippen LogP contribution in [0, 0.1) is 26.7 Å². The van der Waals surface area contributed by atoms with Crippen molar-refractivity contribution in [3.05, 3.63) is 34.4 Å². The highest BCUT2D eigenvalue weighted by Gasteiger charge is 2.23. The van der Waals surface area contributed by atoms with E-state index in [2.05, 4.69) is 44.9 Å². The second-order valence-corrected chi connectivity index (χ2v) is 6.65. The molecule has 1 aromatic carbocycles. The summed E-state index contributed by atoms with van der Waals surface area (Å²) < 4.78 is 0. The van der Waals surface area contributed by atoms with E-state index in [0.29, 0.717) is 12.6 Å². The highest BCUT2D eigenvalue weighted by molar-refractivity contribution is 5.39. The molecule has 2 rings (SSSR count). The topological polar surface area (TPSA) is 29.3 Å². The van der Waals surface area contributed by atoms with Crippen LogP contribution in [0.4, 0.5) is 0 Å². The largest absolute Gasteiger partial charge is 0.329 e. The molecule has 20 heavy (non-hydrogen) atoms. The number of benzene rings is 1. The van der Waals surface area contributed by atoms with Crippen LogP contribution in [0.2, 0.25) is 0 Å². The summed E-state index contributed by atoms with van der Waals surface area (Å²) in [6.45, 7) is 8.51. The molecule has 1 fully saturated rings. The van der Waals surface area contributed by atoms with Crippen molar-refractivity contribution in [2.24, 2.45) is 11.7 Å². The molecule has 1 atom stereocenters. The van der Waals surface area contributed by atoms with Gasteiger partial charge in [-0.15, -0.1) is 0 Å². The van der Waals surface area contributed by atoms with Gasteiger partial charge in [0.05, 0.1) is 0 Å². The molecule has 2 heteroatoms. The lowest BCUT2D eigenvalue weighted by Crippen LogP contribution is -2.34. The third-order valence-electron chi connectivity index (χ3n) is 4.85. The van der Waals surface area contributed by atoms with Crippen LogP contribution in [0.15, 0.2) is 12.1 Å². The number of nitrogens with zero attached hydrogens (tertiary/aromatic N) is 1. The molecule has 1 unspecified atom stereocenters. The zero-order valence-electron chi connectivity index (χ0n) is 13.6. The first-order valence-corrected chi connectivity index (χ1v) is 8.01. The van der Waals surface area contributed by atoms with Crippen molar-refractivity contribution in [2.75, 3.05) is 20.1 Å². The van der Waals surface area contributed by atoms with Gasteiger partial charge in [-0.1, -0.05) is 30.5 Å². The summed E-state index contributed by atoms with van der Waals surface area (Å²) >= 11 is 0. The van der Waals surface area contributed by atoms with E-state index < -0.39 is 0 Å². The Morgan fingerprint density at radius 1 is 1.15 bits per heavy atom. The summed E-state index contributed by atoms with van der Waals surface area (Å²) in [4.78, 5) is 2.49. The SMILES string of the molecule is Cc1cc(C)c(C(CN)N(C)CC2CCCC2)c(C)c1. The minimum absolute atomic E-state index is 0.358. The first kappa shape index (κ1) is 15.5. The Morgan fingerprint density at radius 3 is 2.20 bits per heavy atom. The molecular weight excluding hydrogens is 244 g/mol. The molecule has 0 aromatic heterocycles. The zero-order chi connectivity index (χ0) is 14.7. The first-order valence-electron chi connectivity index (χ1n) is 8.01. The minimum Gasteiger partial charge on any atom is -0.329 e. The van der Waals surface area contributed by atoms with Gasteiger partial charge in [0.1, 0.15) is 0 Å². The maximum absolute atomic E-state index is 6.11. The number of likely N-dealkylation sites (N-methyl/N-ethyl adjacent to an activating group) is 1. The molecule has 1 aliphatic rings. The van der Waals surface area contributed by atoms with E-state index >= 15 is 0 Å². The maximum Gasteiger partial charge on any atom is 0.0472 e. The van der Waals surface area contributed by atoms with E-state index in [0.717, 1.165) is 5.92 Å². The lowest BCUT2D eigenvalue weighted by Gasteiger charge is -2.32. The third kappa shape index (κ3) is 3.42. The highest BCUT2D eigenvalue weighted by Crippen LogP contribution is 2.30. The Morgan fingerprint density at radius 2 is 1.70 bits per heavy atom. The smallest absolute Gasteiger partial charge is 0.0472 e. The van der Waals surface area contributed by atoms with Crippen molar-refractivity contribution < 1.29 is 0 Å². The van der Waals surface area contributed by atoms with E-state index in [9.17, 15) is 0 Å². The van der Waals surface area contributed by atoms with Gasteiger partial charge in [0.2, 0.25) is 0 Å². The standard InChI is InChI=1S/C18H30N2/c1-13-9-14(2)18(15(3)10-13)17(11-19)20(4)12-16-7-5-6-8-16/h9-10,16-17H,5-8,11-12,19H2,1-4H3. The molecule has 0 bridgehead atoms. The predicted molar refractivity (Wildman–Crippen MR) is 87.0 cm³/mol. The Labute approximate surface area is 124 Å². The maximum atomic E-state index is 6.11. The van der Waals surface area contributed by atoms with E-state index in [4.69, 9.17) is 5.73 Å². The van der Waals surface area contributed by atoms with E-state index in [1.54, 1.807) is 0 Å². The fourth-order valence-electron chi connectivity index (χ4n) is 3.96. The summed E-state index contributed by atoms with van der Waals surface area (Å²) in [5.74, 6) is 0.875. The van der Waals surface area contributed by atoms with Crippen LogP contribution in [-0.4, -0.2) is 25.0 Å². The predicted octanol–water partition coefficient (Wildman–Crippen LogP) is 3.73. The van der Waals surface area contributed by atoms with Crippen molar-refractivity contribution in [1.29, 1.82) is 0 Å². The molecule has 0 heterocycles. The van der Waals surface area contributed by atoms with E-state index in [1.807, 2.05) is 0 Å². The molecule has 0 radical (unpaired) electrons. The molecule has 0 saturated heterocycles. The molecule has 1 aromatic rings. The van der Waals surface area contributed by atoms with E-state index in [1.165, 1.54) is 54.5 Å². The normalized spacial score (nSPS) is 17.9. The Kier molecular flexibility index (Phi) is 5.22. The summed E-state index contributed by atoms with van der Waals surface area (Å²) in [6.07, 6.45) is 5.61. The first-order chi connectivity index (χ1) is 9.52. The van der Waals surface area contributed by atoms with Crippen LogP contribution in [0.5, 0.6) is 0 Å². The van der Waals surface area contributed by atoms with E-state index in [-0.39, 0.29) is 0 Å². The highest BCUT2D eigenvalue weighted by atomic mass is 15.1. The van der Waals surface area contributed by atoms with Gasteiger partial charge >= 0.3 is 0 Å².